The Balaban J connectivity index is 1.50. The first-order chi connectivity index (χ1) is 12.6. The van der Waals surface area contributed by atoms with Gasteiger partial charge in [-0.05, 0) is 30.4 Å². The average Bonchev–Trinajstić information content (AvgIpc) is 3.30. The molecule has 2 aromatic rings. The standard InChI is InChI=1S/C22H23NO3/c1-15(17-10-6-3-7-11-17)23(14-16-8-4-2-5-9-16)26-22(25)21-18-12-13-19(24)20(18)21/h2-11,15,18,20-21H,12-14H2,1H3/t15?,18?,20?,21-/m0/s1. The molecule has 2 aliphatic carbocycles. The number of benzene rings is 2. The fourth-order valence-corrected chi connectivity index (χ4v) is 4.05. The van der Waals surface area contributed by atoms with Crippen molar-refractivity contribution < 1.29 is 14.4 Å². The van der Waals surface area contributed by atoms with Gasteiger partial charge in [-0.2, -0.15) is 0 Å². The smallest absolute Gasteiger partial charge is 0.329 e. The number of hydroxylamine groups is 2. The summed E-state index contributed by atoms with van der Waals surface area (Å²) in [5.74, 6) is -0.152. The van der Waals surface area contributed by atoms with Crippen LogP contribution in [0.1, 0.15) is 36.9 Å². The van der Waals surface area contributed by atoms with Gasteiger partial charge in [0.05, 0.1) is 18.5 Å². The molecule has 4 nitrogen and oxygen atoms in total. The molecule has 0 aliphatic heterocycles. The molecule has 2 aliphatic rings. The SMILES string of the molecule is CC(c1ccccc1)N(Cc1ccccc1)OC(=O)[C@H]1C2CCC(=O)C21. The van der Waals surface area contributed by atoms with Crippen molar-refractivity contribution in [3.05, 3.63) is 71.8 Å². The summed E-state index contributed by atoms with van der Waals surface area (Å²) in [7, 11) is 0. The van der Waals surface area contributed by atoms with Crippen LogP contribution >= 0.6 is 0 Å². The van der Waals surface area contributed by atoms with E-state index < -0.39 is 0 Å². The van der Waals surface area contributed by atoms with Crippen molar-refractivity contribution >= 4 is 11.8 Å². The Hall–Kier alpha value is -2.46. The van der Waals surface area contributed by atoms with Crippen LogP contribution in [0.25, 0.3) is 0 Å². The maximum Gasteiger partial charge on any atom is 0.329 e. The van der Waals surface area contributed by atoms with E-state index in [1.54, 1.807) is 5.06 Å². The molecule has 26 heavy (non-hydrogen) atoms. The van der Waals surface area contributed by atoms with Crippen molar-refractivity contribution in [3.63, 3.8) is 0 Å². The summed E-state index contributed by atoms with van der Waals surface area (Å²) in [6, 6.07) is 19.9. The van der Waals surface area contributed by atoms with Crippen molar-refractivity contribution in [3.8, 4) is 0 Å². The third kappa shape index (κ3) is 3.29. The van der Waals surface area contributed by atoms with Crippen LogP contribution < -0.4 is 0 Å². The van der Waals surface area contributed by atoms with Crippen LogP contribution in [0.4, 0.5) is 0 Å². The van der Waals surface area contributed by atoms with E-state index in [0.717, 1.165) is 17.5 Å². The fraction of sp³-hybridized carbons (Fsp3) is 0.364. The molecule has 0 amide bonds. The first-order valence-corrected chi connectivity index (χ1v) is 9.25. The van der Waals surface area contributed by atoms with Gasteiger partial charge in [0.15, 0.2) is 0 Å². The number of hydrogen-bond donors (Lipinski definition) is 0. The number of Topliss-reactive ketones (excluding diaryl/α,β-unsaturated/α-hetero) is 1. The third-order valence-electron chi connectivity index (χ3n) is 5.64. The molecular weight excluding hydrogens is 326 g/mol. The van der Waals surface area contributed by atoms with Gasteiger partial charge in [0, 0.05) is 12.3 Å². The molecule has 4 heteroatoms. The summed E-state index contributed by atoms with van der Waals surface area (Å²) < 4.78 is 0. The Labute approximate surface area is 153 Å². The Bertz CT molecular complexity index is 790. The monoisotopic (exact) mass is 349 g/mol. The summed E-state index contributed by atoms with van der Waals surface area (Å²) in [5, 5.41) is 1.74. The van der Waals surface area contributed by atoms with Crippen molar-refractivity contribution in [2.45, 2.75) is 32.4 Å². The molecule has 0 saturated heterocycles. The van der Waals surface area contributed by atoms with E-state index >= 15 is 0 Å². The minimum Gasteiger partial charge on any atom is -0.367 e. The number of carbonyl (C=O) groups excluding carboxylic acids is 2. The topological polar surface area (TPSA) is 46.6 Å². The molecule has 0 N–H and O–H groups in total. The number of ketones is 1. The van der Waals surface area contributed by atoms with Gasteiger partial charge in [0.25, 0.3) is 0 Å². The second kappa shape index (κ2) is 7.04. The summed E-state index contributed by atoms with van der Waals surface area (Å²) in [5.41, 5.74) is 2.17. The van der Waals surface area contributed by atoms with Gasteiger partial charge in [-0.1, -0.05) is 60.7 Å². The van der Waals surface area contributed by atoms with Crippen LogP contribution in [0.3, 0.4) is 0 Å². The fourth-order valence-electron chi connectivity index (χ4n) is 4.05. The van der Waals surface area contributed by atoms with E-state index in [2.05, 4.69) is 0 Å². The van der Waals surface area contributed by atoms with Crippen LogP contribution in [0.15, 0.2) is 60.7 Å². The van der Waals surface area contributed by atoms with Gasteiger partial charge in [-0.15, -0.1) is 5.06 Å². The van der Waals surface area contributed by atoms with Gasteiger partial charge in [-0.25, -0.2) is 0 Å². The van der Waals surface area contributed by atoms with Gasteiger partial charge >= 0.3 is 5.97 Å². The summed E-state index contributed by atoms with van der Waals surface area (Å²) in [4.78, 5) is 30.3. The molecule has 134 valence electrons. The van der Waals surface area contributed by atoms with E-state index in [1.165, 1.54) is 0 Å². The zero-order valence-corrected chi connectivity index (χ0v) is 14.9. The quantitative estimate of drug-likeness (QED) is 0.741. The first kappa shape index (κ1) is 17.0. The summed E-state index contributed by atoms with van der Waals surface area (Å²) in [6.45, 7) is 2.54. The Morgan fingerprint density at radius 2 is 1.77 bits per heavy atom. The molecule has 0 bridgehead atoms. The van der Waals surface area contributed by atoms with Crippen LogP contribution in [0, 0.1) is 17.8 Å². The highest BCUT2D eigenvalue weighted by Gasteiger charge is 2.62. The maximum absolute atomic E-state index is 12.7. The molecule has 0 heterocycles. The number of carbonyl (C=O) groups is 2. The van der Waals surface area contributed by atoms with Crippen molar-refractivity contribution in [1.29, 1.82) is 0 Å². The highest BCUT2D eigenvalue weighted by atomic mass is 16.7. The minimum atomic E-state index is -0.258. The molecule has 0 spiro atoms. The highest BCUT2D eigenvalue weighted by molar-refractivity contribution is 5.94. The predicted octanol–water partition coefficient (Wildman–Crippen LogP) is 3.93. The average molecular weight is 349 g/mol. The number of nitrogens with zero attached hydrogens (tertiary/aromatic N) is 1. The zero-order valence-electron chi connectivity index (χ0n) is 14.9. The van der Waals surface area contributed by atoms with E-state index in [-0.39, 0.29) is 35.5 Å². The zero-order chi connectivity index (χ0) is 18.1. The van der Waals surface area contributed by atoms with Gasteiger partial charge in [0.2, 0.25) is 0 Å². The lowest BCUT2D eigenvalue weighted by Crippen LogP contribution is -2.31. The van der Waals surface area contributed by atoms with Crippen LogP contribution in [0.2, 0.25) is 0 Å². The summed E-state index contributed by atoms with van der Waals surface area (Å²) in [6.07, 6.45) is 1.45. The van der Waals surface area contributed by atoms with Crippen molar-refractivity contribution in [2.24, 2.45) is 17.8 Å². The number of hydrogen-bond acceptors (Lipinski definition) is 4. The third-order valence-corrected chi connectivity index (χ3v) is 5.64. The molecule has 0 radical (unpaired) electrons. The van der Waals surface area contributed by atoms with Gasteiger partial charge < -0.3 is 4.84 Å². The number of rotatable bonds is 6. The molecule has 2 aromatic carbocycles. The largest absolute Gasteiger partial charge is 0.367 e. The maximum atomic E-state index is 12.7. The molecule has 2 saturated carbocycles. The lowest BCUT2D eigenvalue weighted by atomic mass is 10.1. The molecule has 4 rings (SSSR count). The molecule has 2 fully saturated rings. The first-order valence-electron chi connectivity index (χ1n) is 9.25. The van der Waals surface area contributed by atoms with Crippen molar-refractivity contribution in [1.82, 2.24) is 5.06 Å². The molecule has 0 aromatic heterocycles. The van der Waals surface area contributed by atoms with E-state index in [1.807, 2.05) is 67.6 Å². The molecule has 4 atom stereocenters. The number of fused-ring (bicyclic) bond motifs is 1. The lowest BCUT2D eigenvalue weighted by Gasteiger charge is -2.28. The van der Waals surface area contributed by atoms with Gasteiger partial charge in [0.1, 0.15) is 5.78 Å². The van der Waals surface area contributed by atoms with Crippen LogP contribution in [-0.2, 0) is 21.0 Å². The van der Waals surface area contributed by atoms with E-state index in [9.17, 15) is 9.59 Å². The second-order valence-corrected chi connectivity index (χ2v) is 7.28. The molecule has 3 unspecified atom stereocenters. The van der Waals surface area contributed by atoms with Crippen LogP contribution in [-0.4, -0.2) is 16.8 Å². The van der Waals surface area contributed by atoms with Gasteiger partial charge in [-0.3, -0.25) is 9.59 Å². The van der Waals surface area contributed by atoms with E-state index in [0.29, 0.717) is 13.0 Å². The Kier molecular flexibility index (Phi) is 4.60. The summed E-state index contributed by atoms with van der Waals surface area (Å²) >= 11 is 0. The second-order valence-electron chi connectivity index (χ2n) is 7.28. The lowest BCUT2D eigenvalue weighted by molar-refractivity contribution is -0.208. The Morgan fingerprint density at radius 1 is 1.12 bits per heavy atom. The van der Waals surface area contributed by atoms with Crippen LogP contribution in [0.5, 0.6) is 0 Å². The normalized spacial score (nSPS) is 25.0. The van der Waals surface area contributed by atoms with E-state index in [4.69, 9.17) is 4.84 Å². The predicted molar refractivity (Wildman–Crippen MR) is 97.6 cm³/mol. The van der Waals surface area contributed by atoms with Crippen molar-refractivity contribution in [2.75, 3.05) is 0 Å². The molecular formula is C22H23NO3. The Morgan fingerprint density at radius 3 is 2.38 bits per heavy atom. The minimum absolute atomic E-state index is 0.0744. The highest BCUT2D eigenvalue weighted by Crippen LogP contribution is 2.56.